The van der Waals surface area contributed by atoms with Crippen molar-refractivity contribution in [1.82, 2.24) is 14.5 Å². The zero-order valence-electron chi connectivity index (χ0n) is 21.9. The Bertz CT molecular complexity index is 1500. The number of carbonyl (C=O) groups is 2. The molecule has 9 nitrogen and oxygen atoms in total. The van der Waals surface area contributed by atoms with Crippen molar-refractivity contribution in [2.45, 2.75) is 46.8 Å². The number of nitrogen functional groups attached to an aromatic ring is 1. The van der Waals surface area contributed by atoms with Crippen molar-refractivity contribution in [2.24, 2.45) is 0 Å². The number of imidazole rings is 1. The Morgan fingerprint density at radius 3 is 2.49 bits per heavy atom. The maximum atomic E-state index is 13.4. The van der Waals surface area contributed by atoms with Crippen molar-refractivity contribution in [3.8, 4) is 11.4 Å². The van der Waals surface area contributed by atoms with Gasteiger partial charge in [0.05, 0.1) is 29.4 Å². The summed E-state index contributed by atoms with van der Waals surface area (Å²) in [4.78, 5) is 35.1. The van der Waals surface area contributed by atoms with Crippen molar-refractivity contribution < 1.29 is 19.1 Å². The van der Waals surface area contributed by atoms with Crippen molar-refractivity contribution in [2.75, 3.05) is 18.2 Å². The molecule has 4 rings (SSSR count). The predicted molar refractivity (Wildman–Crippen MR) is 144 cm³/mol. The number of fused-ring (bicyclic) bond motifs is 1. The summed E-state index contributed by atoms with van der Waals surface area (Å²) in [7, 11) is 1.31. The van der Waals surface area contributed by atoms with Gasteiger partial charge in [-0.3, -0.25) is 0 Å². The molecule has 0 saturated carbocycles. The van der Waals surface area contributed by atoms with Gasteiger partial charge in [0.15, 0.2) is 5.82 Å². The first-order valence-corrected chi connectivity index (χ1v) is 11.9. The van der Waals surface area contributed by atoms with Crippen LogP contribution in [0.5, 0.6) is 0 Å². The van der Waals surface area contributed by atoms with Crippen LogP contribution in [0.3, 0.4) is 0 Å². The number of carbonyl (C=O) groups excluding carboxylic acids is 2. The number of anilines is 2. The van der Waals surface area contributed by atoms with Gasteiger partial charge in [-0.05, 0) is 70.0 Å². The van der Waals surface area contributed by atoms with Gasteiger partial charge in [-0.1, -0.05) is 24.3 Å². The SMILES string of the molecule is COC(=O)c1ccccc1-c1nc2ccc(CNc3nc(C)cc(C)c3N)cc2n1C(=O)OC(C)(C)C. The predicted octanol–water partition coefficient (Wildman–Crippen LogP) is 5.48. The van der Waals surface area contributed by atoms with Crippen LogP contribution in [0.15, 0.2) is 48.5 Å². The number of hydrogen-bond donors (Lipinski definition) is 2. The van der Waals surface area contributed by atoms with Gasteiger partial charge in [-0.2, -0.15) is 0 Å². The number of aromatic nitrogens is 3. The molecule has 0 saturated heterocycles. The molecular formula is C28H31N5O4. The van der Waals surface area contributed by atoms with E-state index in [2.05, 4.69) is 10.3 Å². The molecular weight excluding hydrogens is 470 g/mol. The van der Waals surface area contributed by atoms with Crippen molar-refractivity contribution in [1.29, 1.82) is 0 Å². The summed E-state index contributed by atoms with van der Waals surface area (Å²) in [6.45, 7) is 9.66. The van der Waals surface area contributed by atoms with Crippen molar-refractivity contribution in [3.05, 3.63) is 70.9 Å². The van der Waals surface area contributed by atoms with Crippen LogP contribution in [0.25, 0.3) is 22.4 Å². The van der Waals surface area contributed by atoms with Crippen LogP contribution in [-0.2, 0) is 16.0 Å². The molecule has 0 aliphatic heterocycles. The van der Waals surface area contributed by atoms with E-state index in [-0.39, 0.29) is 5.82 Å². The third kappa shape index (κ3) is 5.40. The van der Waals surface area contributed by atoms with E-state index in [1.165, 1.54) is 11.7 Å². The molecule has 9 heteroatoms. The largest absolute Gasteiger partial charge is 0.465 e. The fourth-order valence-corrected chi connectivity index (χ4v) is 4.04. The lowest BCUT2D eigenvalue weighted by Gasteiger charge is -2.21. The molecule has 37 heavy (non-hydrogen) atoms. The van der Waals surface area contributed by atoms with E-state index in [1.807, 2.05) is 38.1 Å². The second-order valence-corrected chi connectivity index (χ2v) is 9.81. The van der Waals surface area contributed by atoms with Crippen molar-refractivity contribution in [3.63, 3.8) is 0 Å². The minimum atomic E-state index is -0.738. The minimum Gasteiger partial charge on any atom is -0.465 e. The van der Waals surface area contributed by atoms with Gasteiger partial charge in [0, 0.05) is 17.8 Å². The first kappa shape index (κ1) is 25.7. The second-order valence-electron chi connectivity index (χ2n) is 9.81. The van der Waals surface area contributed by atoms with Gasteiger partial charge in [-0.15, -0.1) is 0 Å². The van der Waals surface area contributed by atoms with Crippen LogP contribution in [0.1, 0.15) is 48.0 Å². The lowest BCUT2D eigenvalue weighted by atomic mass is 10.1. The third-order valence-corrected chi connectivity index (χ3v) is 5.72. The fraction of sp³-hybridized carbons (Fsp3) is 0.286. The summed E-state index contributed by atoms with van der Waals surface area (Å²) in [5, 5.41) is 3.29. The van der Waals surface area contributed by atoms with Crippen LogP contribution in [0, 0.1) is 13.8 Å². The molecule has 4 aromatic rings. The Balaban J connectivity index is 1.82. The van der Waals surface area contributed by atoms with Crippen LogP contribution >= 0.6 is 0 Å². The zero-order valence-corrected chi connectivity index (χ0v) is 21.9. The Hall–Kier alpha value is -4.40. The molecule has 0 aliphatic carbocycles. The molecule has 0 spiro atoms. The van der Waals surface area contributed by atoms with Gasteiger partial charge in [0.2, 0.25) is 0 Å². The monoisotopic (exact) mass is 501 g/mol. The standard InChI is InChI=1S/C28H31N5O4/c1-16-13-17(2)31-24(23(16)29)30-15-18-11-12-21-22(14-18)33(27(35)37-28(3,4)5)25(32-21)19-9-7-8-10-20(19)26(34)36-6/h7-14H,15,29H2,1-6H3,(H,30,31). The Morgan fingerprint density at radius 2 is 1.78 bits per heavy atom. The number of rotatable bonds is 5. The highest BCUT2D eigenvalue weighted by atomic mass is 16.6. The average Bonchev–Trinajstić information content (AvgIpc) is 3.22. The number of ether oxygens (including phenoxy) is 2. The molecule has 2 aromatic heterocycles. The van der Waals surface area contributed by atoms with E-state index >= 15 is 0 Å². The maximum absolute atomic E-state index is 13.4. The highest BCUT2D eigenvalue weighted by molar-refractivity contribution is 6.00. The summed E-state index contributed by atoms with van der Waals surface area (Å²) in [6.07, 6.45) is -0.602. The summed E-state index contributed by atoms with van der Waals surface area (Å²) in [6, 6.07) is 14.4. The number of esters is 1. The van der Waals surface area contributed by atoms with Gasteiger partial charge in [0.1, 0.15) is 11.4 Å². The van der Waals surface area contributed by atoms with Crippen LogP contribution in [0.2, 0.25) is 0 Å². The number of methoxy groups -OCH3 is 1. The molecule has 0 amide bonds. The van der Waals surface area contributed by atoms with E-state index in [0.29, 0.717) is 40.2 Å². The number of pyridine rings is 1. The molecule has 2 aromatic carbocycles. The lowest BCUT2D eigenvalue weighted by molar-refractivity contribution is 0.0542. The quantitative estimate of drug-likeness (QED) is 0.345. The van der Waals surface area contributed by atoms with E-state index in [1.54, 1.807) is 45.0 Å². The molecule has 3 N–H and O–H groups in total. The third-order valence-electron chi connectivity index (χ3n) is 5.72. The van der Waals surface area contributed by atoms with E-state index in [0.717, 1.165) is 16.8 Å². The number of aryl methyl sites for hydroxylation is 2. The molecule has 0 aliphatic rings. The summed E-state index contributed by atoms with van der Waals surface area (Å²) in [5.41, 5.74) is 10.6. The molecule has 0 bridgehead atoms. The van der Waals surface area contributed by atoms with Gasteiger partial charge in [0.25, 0.3) is 0 Å². The fourth-order valence-electron chi connectivity index (χ4n) is 4.04. The Morgan fingerprint density at radius 1 is 1.05 bits per heavy atom. The number of nitrogens with two attached hydrogens (primary N) is 1. The smallest absolute Gasteiger partial charge is 0.420 e. The van der Waals surface area contributed by atoms with E-state index in [9.17, 15) is 9.59 Å². The van der Waals surface area contributed by atoms with Crippen LogP contribution in [-0.4, -0.2) is 39.3 Å². The van der Waals surface area contributed by atoms with Gasteiger partial charge < -0.3 is 20.5 Å². The van der Waals surface area contributed by atoms with Crippen molar-refractivity contribution >= 4 is 34.6 Å². The Kier molecular flexibility index (Phi) is 6.89. The minimum absolute atomic E-state index is 0.288. The molecule has 2 heterocycles. The molecule has 0 radical (unpaired) electrons. The molecule has 192 valence electrons. The molecule has 0 fully saturated rings. The molecule has 0 unspecified atom stereocenters. The van der Waals surface area contributed by atoms with Crippen LogP contribution < -0.4 is 11.1 Å². The van der Waals surface area contributed by atoms with Gasteiger partial charge in [-0.25, -0.2) is 24.1 Å². The number of nitrogens with zero attached hydrogens (tertiary/aromatic N) is 3. The lowest BCUT2D eigenvalue weighted by Crippen LogP contribution is -2.27. The second kappa shape index (κ2) is 9.93. The molecule has 0 atom stereocenters. The normalized spacial score (nSPS) is 11.4. The van der Waals surface area contributed by atoms with Gasteiger partial charge >= 0.3 is 12.1 Å². The topological polar surface area (TPSA) is 121 Å². The zero-order chi connectivity index (χ0) is 26.9. The highest BCUT2D eigenvalue weighted by Gasteiger charge is 2.26. The number of nitrogens with one attached hydrogen (secondary N) is 1. The maximum Gasteiger partial charge on any atom is 0.420 e. The number of hydrogen-bond acceptors (Lipinski definition) is 8. The first-order chi connectivity index (χ1) is 17.5. The van der Waals surface area contributed by atoms with Crippen LogP contribution in [0.4, 0.5) is 16.3 Å². The Labute approximate surface area is 215 Å². The summed E-state index contributed by atoms with van der Waals surface area (Å²) >= 11 is 0. The van der Waals surface area contributed by atoms with E-state index < -0.39 is 17.7 Å². The number of benzene rings is 2. The van der Waals surface area contributed by atoms with E-state index in [4.69, 9.17) is 20.2 Å². The highest BCUT2D eigenvalue weighted by Crippen LogP contribution is 2.30. The summed E-state index contributed by atoms with van der Waals surface area (Å²) < 4.78 is 12.1. The first-order valence-electron chi connectivity index (χ1n) is 11.9. The average molecular weight is 502 g/mol. The summed E-state index contributed by atoms with van der Waals surface area (Å²) in [5.74, 6) is 0.364.